The smallest absolute Gasteiger partial charge is 0.317 e. The fourth-order valence-electron chi connectivity index (χ4n) is 1.58. The third-order valence-electron chi connectivity index (χ3n) is 2.78. The molecule has 96 valence electrons. The van der Waals surface area contributed by atoms with E-state index in [1.807, 2.05) is 13.8 Å². The average Bonchev–Trinajstić information content (AvgIpc) is 2.25. The first kappa shape index (κ1) is 15.2. The van der Waals surface area contributed by atoms with Crippen molar-refractivity contribution < 1.29 is 9.90 Å². The topological polar surface area (TPSA) is 52.6 Å². The number of carbonyl (C=O) groups is 1. The molecule has 0 aromatic heterocycles. The number of aliphatic hydroxyl groups is 1. The summed E-state index contributed by atoms with van der Waals surface area (Å²) in [6.45, 7) is 10.5. The molecule has 0 aliphatic carbocycles. The summed E-state index contributed by atoms with van der Waals surface area (Å²) in [5.41, 5.74) is 0.0472. The van der Waals surface area contributed by atoms with Crippen LogP contribution in [-0.4, -0.2) is 42.3 Å². The van der Waals surface area contributed by atoms with Gasteiger partial charge in [0.15, 0.2) is 0 Å². The Hall–Kier alpha value is -0.770. The van der Waals surface area contributed by atoms with Gasteiger partial charge in [-0.3, -0.25) is 0 Å². The maximum atomic E-state index is 11.7. The molecule has 0 fully saturated rings. The van der Waals surface area contributed by atoms with Crippen LogP contribution in [0.2, 0.25) is 0 Å². The average molecular weight is 230 g/mol. The molecule has 0 atom stereocenters. The van der Waals surface area contributed by atoms with Gasteiger partial charge >= 0.3 is 6.03 Å². The van der Waals surface area contributed by atoms with Crippen molar-refractivity contribution in [3.8, 4) is 0 Å². The normalized spacial score (nSPS) is 11.3. The van der Waals surface area contributed by atoms with Crippen molar-refractivity contribution in [1.29, 1.82) is 0 Å². The predicted octanol–water partition coefficient (Wildman–Crippen LogP) is 1.84. The van der Waals surface area contributed by atoms with Gasteiger partial charge in [-0.25, -0.2) is 4.79 Å². The number of aliphatic hydroxyl groups excluding tert-OH is 1. The van der Waals surface area contributed by atoms with E-state index in [2.05, 4.69) is 19.2 Å². The molecule has 2 N–H and O–H groups in total. The monoisotopic (exact) mass is 230 g/mol. The number of carbonyl (C=O) groups excluding carboxylic acids is 1. The molecule has 0 heterocycles. The van der Waals surface area contributed by atoms with Gasteiger partial charge in [0.2, 0.25) is 0 Å². The van der Waals surface area contributed by atoms with Crippen LogP contribution in [0, 0.1) is 5.41 Å². The molecule has 0 unspecified atom stereocenters. The minimum absolute atomic E-state index is 0.00192. The Morgan fingerprint density at radius 3 is 2.31 bits per heavy atom. The second-order valence-electron chi connectivity index (χ2n) is 4.82. The molecule has 0 radical (unpaired) electrons. The summed E-state index contributed by atoms with van der Waals surface area (Å²) in [5.74, 6) is 0. The molecule has 0 aromatic carbocycles. The SMILES string of the molecule is CCN(CC)C(=O)NCC(C)(C)CCCO. The van der Waals surface area contributed by atoms with Gasteiger partial charge in [0.1, 0.15) is 0 Å². The summed E-state index contributed by atoms with van der Waals surface area (Å²) >= 11 is 0. The number of nitrogens with zero attached hydrogens (tertiary/aromatic N) is 1. The van der Waals surface area contributed by atoms with Crippen LogP contribution in [0.5, 0.6) is 0 Å². The zero-order valence-electron chi connectivity index (χ0n) is 11.0. The van der Waals surface area contributed by atoms with E-state index < -0.39 is 0 Å². The molecular weight excluding hydrogens is 204 g/mol. The molecule has 0 saturated carbocycles. The van der Waals surface area contributed by atoms with Crippen molar-refractivity contribution in [2.75, 3.05) is 26.2 Å². The van der Waals surface area contributed by atoms with Gasteiger partial charge in [0.05, 0.1) is 0 Å². The molecule has 0 aliphatic heterocycles. The second kappa shape index (κ2) is 7.49. The molecule has 0 spiro atoms. The van der Waals surface area contributed by atoms with Crippen molar-refractivity contribution in [3.63, 3.8) is 0 Å². The lowest BCUT2D eigenvalue weighted by Gasteiger charge is -2.27. The third-order valence-corrected chi connectivity index (χ3v) is 2.78. The van der Waals surface area contributed by atoms with E-state index in [4.69, 9.17) is 5.11 Å². The maximum absolute atomic E-state index is 11.7. The van der Waals surface area contributed by atoms with Gasteiger partial charge in [-0.15, -0.1) is 0 Å². The molecule has 4 nitrogen and oxygen atoms in total. The highest BCUT2D eigenvalue weighted by atomic mass is 16.3. The Balaban J connectivity index is 3.97. The molecule has 0 saturated heterocycles. The van der Waals surface area contributed by atoms with Gasteiger partial charge < -0.3 is 15.3 Å². The van der Waals surface area contributed by atoms with Crippen molar-refractivity contribution in [2.45, 2.75) is 40.5 Å². The molecule has 0 aromatic rings. The molecule has 0 bridgehead atoms. The molecule has 4 heteroatoms. The summed E-state index contributed by atoms with van der Waals surface area (Å²) in [6.07, 6.45) is 1.70. The number of urea groups is 1. The van der Waals surface area contributed by atoms with E-state index >= 15 is 0 Å². The quantitative estimate of drug-likeness (QED) is 0.701. The standard InChI is InChI=1S/C12H26N2O2/c1-5-14(6-2)11(16)13-10-12(3,4)8-7-9-15/h15H,5-10H2,1-4H3,(H,13,16). The second-order valence-corrected chi connectivity index (χ2v) is 4.82. The van der Waals surface area contributed by atoms with Crippen LogP contribution in [0.3, 0.4) is 0 Å². The summed E-state index contributed by atoms with van der Waals surface area (Å²) in [6, 6.07) is 0.00192. The highest BCUT2D eigenvalue weighted by Gasteiger charge is 2.19. The highest BCUT2D eigenvalue weighted by Crippen LogP contribution is 2.20. The van der Waals surface area contributed by atoms with Crippen molar-refractivity contribution >= 4 is 6.03 Å². The minimum Gasteiger partial charge on any atom is -0.396 e. The lowest BCUT2D eigenvalue weighted by molar-refractivity contribution is 0.192. The Bertz CT molecular complexity index is 201. The molecule has 0 aliphatic rings. The zero-order valence-corrected chi connectivity index (χ0v) is 11.0. The number of rotatable bonds is 7. The maximum Gasteiger partial charge on any atom is 0.317 e. The van der Waals surface area contributed by atoms with E-state index in [-0.39, 0.29) is 18.1 Å². The van der Waals surface area contributed by atoms with E-state index in [1.54, 1.807) is 4.90 Å². The van der Waals surface area contributed by atoms with Crippen LogP contribution < -0.4 is 5.32 Å². The van der Waals surface area contributed by atoms with Gasteiger partial charge in [-0.05, 0) is 32.1 Å². The lowest BCUT2D eigenvalue weighted by atomic mass is 9.88. The molecule has 2 amide bonds. The van der Waals surface area contributed by atoms with Crippen LogP contribution >= 0.6 is 0 Å². The first-order chi connectivity index (χ1) is 7.46. The minimum atomic E-state index is 0.00192. The largest absolute Gasteiger partial charge is 0.396 e. The van der Waals surface area contributed by atoms with Crippen LogP contribution in [0.15, 0.2) is 0 Å². The van der Waals surface area contributed by atoms with Gasteiger partial charge in [0, 0.05) is 26.2 Å². The summed E-state index contributed by atoms with van der Waals surface area (Å²) in [4.78, 5) is 13.5. The first-order valence-corrected chi connectivity index (χ1v) is 6.10. The third kappa shape index (κ3) is 5.95. The number of hydrogen-bond donors (Lipinski definition) is 2. The number of nitrogens with one attached hydrogen (secondary N) is 1. The first-order valence-electron chi connectivity index (χ1n) is 6.10. The van der Waals surface area contributed by atoms with Gasteiger partial charge in [-0.1, -0.05) is 13.8 Å². The van der Waals surface area contributed by atoms with Crippen molar-refractivity contribution in [2.24, 2.45) is 5.41 Å². The number of hydrogen-bond acceptors (Lipinski definition) is 2. The fourth-order valence-corrected chi connectivity index (χ4v) is 1.58. The Morgan fingerprint density at radius 1 is 1.31 bits per heavy atom. The van der Waals surface area contributed by atoms with Crippen molar-refractivity contribution in [1.82, 2.24) is 10.2 Å². The molecular formula is C12H26N2O2. The Labute approximate surface area is 99.0 Å². The van der Waals surface area contributed by atoms with Crippen LogP contribution in [-0.2, 0) is 0 Å². The van der Waals surface area contributed by atoms with Gasteiger partial charge in [-0.2, -0.15) is 0 Å². The van der Waals surface area contributed by atoms with Crippen LogP contribution in [0.25, 0.3) is 0 Å². The van der Waals surface area contributed by atoms with E-state index in [0.717, 1.165) is 25.9 Å². The van der Waals surface area contributed by atoms with E-state index in [9.17, 15) is 4.79 Å². The van der Waals surface area contributed by atoms with Crippen LogP contribution in [0.1, 0.15) is 40.5 Å². The summed E-state index contributed by atoms with van der Waals surface area (Å²) in [7, 11) is 0. The van der Waals surface area contributed by atoms with Crippen LogP contribution in [0.4, 0.5) is 4.79 Å². The summed E-state index contributed by atoms with van der Waals surface area (Å²) in [5, 5.41) is 11.7. The summed E-state index contributed by atoms with van der Waals surface area (Å²) < 4.78 is 0. The van der Waals surface area contributed by atoms with E-state index in [0.29, 0.717) is 6.54 Å². The molecule has 16 heavy (non-hydrogen) atoms. The molecule has 0 rings (SSSR count). The number of amides is 2. The predicted molar refractivity (Wildman–Crippen MR) is 66.4 cm³/mol. The Kier molecular flexibility index (Phi) is 7.13. The highest BCUT2D eigenvalue weighted by molar-refractivity contribution is 5.74. The Morgan fingerprint density at radius 2 is 1.88 bits per heavy atom. The van der Waals surface area contributed by atoms with Gasteiger partial charge in [0.25, 0.3) is 0 Å². The van der Waals surface area contributed by atoms with Crippen molar-refractivity contribution in [3.05, 3.63) is 0 Å². The zero-order chi connectivity index (χ0) is 12.6. The van der Waals surface area contributed by atoms with E-state index in [1.165, 1.54) is 0 Å². The fraction of sp³-hybridized carbons (Fsp3) is 0.917. The lowest BCUT2D eigenvalue weighted by Crippen LogP contribution is -2.43.